The number of benzene rings is 4. The predicted octanol–water partition coefficient (Wildman–Crippen LogP) is 14.6. The Morgan fingerprint density at radius 1 is 0.242 bits per heavy atom. The molecule has 0 aromatic heterocycles. The quantitative estimate of drug-likeness (QED) is 0.117. The van der Waals surface area contributed by atoms with Crippen LogP contribution in [0, 0.1) is 111 Å². The largest absolute Gasteiger partial charge is 0.303 e. The molecular weight excluding hydrogens is 809 g/mol. The van der Waals surface area contributed by atoms with Crippen LogP contribution in [0.3, 0.4) is 0 Å². The van der Waals surface area contributed by atoms with Gasteiger partial charge in [-0.05, 0) is 277 Å². The molecule has 0 aliphatic heterocycles. The van der Waals surface area contributed by atoms with Gasteiger partial charge in [0.1, 0.15) is 0 Å². The Bertz CT molecular complexity index is 2560. The summed E-state index contributed by atoms with van der Waals surface area (Å²) >= 11 is 0. The van der Waals surface area contributed by atoms with Crippen molar-refractivity contribution >= 4 is 34.3 Å². The van der Waals surface area contributed by atoms with Crippen molar-refractivity contribution in [2.24, 2.45) is 30.6 Å². The standard InChI is InChI=1S/C30H42N4.C28H42N4/c1-15(2)31-33-25(13)27-19(7)17(5)21(9)29(23(27)11)30-22(10)18(6)20(8)28(24(30)12)26(14)34-32-16(3)4;1-15-17(3)25(23(9)29-31(11)12)21(7)27(19(15)5)28-20(6)16(2)18(4)26(22(28)8)24(10)30-32(13)14/h1-14H3;1-14H3/b33-25+,34-26+;29-23+,30-24+. The van der Waals surface area contributed by atoms with Crippen molar-refractivity contribution < 1.29 is 0 Å². The zero-order valence-corrected chi connectivity index (χ0v) is 46.6. The second-order valence-corrected chi connectivity index (χ2v) is 19.5. The van der Waals surface area contributed by atoms with Crippen molar-refractivity contribution in [3.63, 3.8) is 0 Å². The van der Waals surface area contributed by atoms with Crippen molar-refractivity contribution in [3.05, 3.63) is 111 Å². The molecule has 0 heterocycles. The second kappa shape index (κ2) is 21.9. The van der Waals surface area contributed by atoms with Crippen LogP contribution < -0.4 is 0 Å². The van der Waals surface area contributed by atoms with Gasteiger partial charge in [-0.2, -0.15) is 30.6 Å². The Kier molecular flexibility index (Phi) is 18.2. The van der Waals surface area contributed by atoms with Gasteiger partial charge in [-0.3, -0.25) is 0 Å². The minimum absolute atomic E-state index is 0.948. The molecule has 8 nitrogen and oxygen atoms in total. The molecule has 0 amide bonds. The molecule has 4 rings (SSSR count). The fourth-order valence-corrected chi connectivity index (χ4v) is 10.2. The molecule has 0 fully saturated rings. The molecule has 0 unspecified atom stereocenters. The minimum Gasteiger partial charge on any atom is -0.303 e. The van der Waals surface area contributed by atoms with Crippen molar-refractivity contribution in [3.8, 4) is 22.3 Å². The molecule has 4 aromatic carbocycles. The van der Waals surface area contributed by atoms with E-state index >= 15 is 0 Å². The van der Waals surface area contributed by atoms with Crippen LogP contribution in [0.4, 0.5) is 0 Å². The summed E-state index contributed by atoms with van der Waals surface area (Å²) in [5.41, 5.74) is 37.0. The highest BCUT2D eigenvalue weighted by Gasteiger charge is 2.26. The third-order valence-corrected chi connectivity index (χ3v) is 13.9. The van der Waals surface area contributed by atoms with E-state index in [2.05, 4.69) is 159 Å². The maximum absolute atomic E-state index is 4.76. The number of hydrogen-bond donors (Lipinski definition) is 0. The molecule has 0 saturated carbocycles. The zero-order chi connectivity index (χ0) is 50.7. The Balaban J connectivity index is 0.000000351. The minimum atomic E-state index is 0.948. The maximum atomic E-state index is 4.76. The first-order valence-corrected chi connectivity index (χ1v) is 23.4. The molecule has 356 valence electrons. The molecule has 8 heteroatoms. The first kappa shape index (κ1) is 54.8. The number of hydrazone groups is 2. The smallest absolute Gasteiger partial charge is 0.0677 e. The molecule has 0 bridgehead atoms. The molecule has 0 saturated heterocycles. The van der Waals surface area contributed by atoms with E-state index in [0.717, 1.165) is 34.3 Å². The molecule has 0 aliphatic rings. The van der Waals surface area contributed by atoms with E-state index in [1.54, 1.807) is 0 Å². The molecule has 0 N–H and O–H groups in total. The zero-order valence-electron chi connectivity index (χ0n) is 46.6. The summed E-state index contributed by atoms with van der Waals surface area (Å²) in [6.45, 7) is 52.0. The Morgan fingerprint density at radius 3 is 0.621 bits per heavy atom. The SMILES string of the molecule is C/C(=N\N(C)C)c1c(C)c(C)c(C)c(-c2c(C)c(C)c(C)c(/C(C)=N/N(C)C)c2C)c1C.CC(C)=N/N=C(\C)c1c(C)c(C)c(C)c(-c2c(C)c(C)c(C)c(/C(C)=N/N=C(C)C)c2C)c1C. The lowest BCUT2D eigenvalue weighted by Crippen LogP contribution is -2.15. The summed E-state index contributed by atoms with van der Waals surface area (Å²) in [6.07, 6.45) is 0. The third-order valence-electron chi connectivity index (χ3n) is 13.9. The van der Waals surface area contributed by atoms with Gasteiger partial charge in [-0.15, -0.1) is 0 Å². The van der Waals surface area contributed by atoms with Crippen LogP contribution in [0.2, 0.25) is 0 Å². The first-order chi connectivity index (χ1) is 30.4. The van der Waals surface area contributed by atoms with E-state index < -0.39 is 0 Å². The van der Waals surface area contributed by atoms with E-state index in [-0.39, 0.29) is 0 Å². The van der Waals surface area contributed by atoms with Gasteiger partial charge in [0.2, 0.25) is 0 Å². The van der Waals surface area contributed by atoms with Crippen LogP contribution in [0.1, 0.15) is 167 Å². The van der Waals surface area contributed by atoms with E-state index in [1.807, 2.05) is 65.9 Å². The van der Waals surface area contributed by atoms with E-state index in [9.17, 15) is 0 Å². The normalized spacial score (nSPS) is 12.3. The third kappa shape index (κ3) is 11.0. The summed E-state index contributed by atoms with van der Waals surface area (Å²) in [4.78, 5) is 0. The summed E-state index contributed by atoms with van der Waals surface area (Å²) in [6, 6.07) is 0. The molecule has 66 heavy (non-hydrogen) atoms. The van der Waals surface area contributed by atoms with Gasteiger partial charge in [0.05, 0.1) is 22.8 Å². The van der Waals surface area contributed by atoms with Crippen molar-refractivity contribution in [2.75, 3.05) is 28.2 Å². The van der Waals surface area contributed by atoms with Gasteiger partial charge in [0.15, 0.2) is 0 Å². The molecular formula is C58H84N8. The molecule has 0 spiro atoms. The van der Waals surface area contributed by atoms with Crippen LogP contribution >= 0.6 is 0 Å². The van der Waals surface area contributed by atoms with Gasteiger partial charge in [0.25, 0.3) is 0 Å². The second-order valence-electron chi connectivity index (χ2n) is 19.5. The van der Waals surface area contributed by atoms with Gasteiger partial charge in [-0.25, -0.2) is 0 Å². The number of rotatable bonds is 10. The van der Waals surface area contributed by atoms with E-state index in [0.29, 0.717) is 0 Å². The van der Waals surface area contributed by atoms with Crippen LogP contribution in [-0.4, -0.2) is 72.5 Å². The molecule has 0 aliphatic carbocycles. The summed E-state index contributed by atoms with van der Waals surface area (Å²) < 4.78 is 0. The topological polar surface area (TPSA) is 80.6 Å². The fourth-order valence-electron chi connectivity index (χ4n) is 10.2. The Labute approximate surface area is 401 Å². The summed E-state index contributed by atoms with van der Waals surface area (Å²) in [5, 5.41) is 31.1. The van der Waals surface area contributed by atoms with Crippen LogP contribution in [0.5, 0.6) is 0 Å². The highest BCUT2D eigenvalue weighted by molar-refractivity contribution is 6.08. The average Bonchev–Trinajstić information content (AvgIpc) is 3.21. The van der Waals surface area contributed by atoms with Gasteiger partial charge in [-0.1, -0.05) is 0 Å². The Morgan fingerprint density at radius 2 is 0.439 bits per heavy atom. The monoisotopic (exact) mass is 893 g/mol. The maximum Gasteiger partial charge on any atom is 0.0677 e. The Hall–Kier alpha value is -5.50. The van der Waals surface area contributed by atoms with Crippen LogP contribution in [0.25, 0.3) is 22.3 Å². The number of nitrogens with zero attached hydrogens (tertiary/aromatic N) is 8. The van der Waals surface area contributed by atoms with Crippen LogP contribution in [-0.2, 0) is 0 Å². The lowest BCUT2D eigenvalue weighted by molar-refractivity contribution is 0.437. The van der Waals surface area contributed by atoms with Crippen molar-refractivity contribution in [1.82, 2.24) is 10.0 Å². The van der Waals surface area contributed by atoms with Crippen LogP contribution in [0.15, 0.2) is 30.6 Å². The lowest BCUT2D eigenvalue weighted by atomic mass is 9.78. The first-order valence-electron chi connectivity index (χ1n) is 23.4. The molecule has 4 aromatic rings. The van der Waals surface area contributed by atoms with E-state index in [1.165, 1.54) is 134 Å². The van der Waals surface area contributed by atoms with Gasteiger partial charge >= 0.3 is 0 Å². The highest BCUT2D eigenvalue weighted by atomic mass is 15.4. The molecule has 0 atom stereocenters. The highest BCUT2D eigenvalue weighted by Crippen LogP contribution is 2.43. The summed E-state index contributed by atoms with van der Waals surface area (Å²) in [5.74, 6) is 0. The number of hydrogen-bond acceptors (Lipinski definition) is 8. The summed E-state index contributed by atoms with van der Waals surface area (Å²) in [7, 11) is 7.92. The van der Waals surface area contributed by atoms with Gasteiger partial charge < -0.3 is 10.0 Å². The lowest BCUT2D eigenvalue weighted by Gasteiger charge is -2.27. The van der Waals surface area contributed by atoms with E-state index in [4.69, 9.17) is 10.2 Å². The molecule has 0 radical (unpaired) electrons. The predicted molar refractivity (Wildman–Crippen MR) is 293 cm³/mol. The fraction of sp³-hybridized carbons (Fsp3) is 0.483. The van der Waals surface area contributed by atoms with Crippen molar-refractivity contribution in [2.45, 2.75) is 166 Å². The van der Waals surface area contributed by atoms with Crippen molar-refractivity contribution in [1.29, 1.82) is 0 Å². The van der Waals surface area contributed by atoms with Gasteiger partial charge in [0, 0.05) is 61.9 Å². The average molecular weight is 893 g/mol.